The molecule has 0 aromatic heterocycles. The van der Waals surface area contributed by atoms with Gasteiger partial charge < -0.3 is 19.8 Å². The molecule has 0 atom stereocenters. The maximum absolute atomic E-state index is 10.3. The number of hydrogen-bond donors (Lipinski definition) is 0. The van der Waals surface area contributed by atoms with Crippen LogP contribution >= 0.6 is 0 Å². The van der Waals surface area contributed by atoms with Crippen LogP contribution in [0.5, 0.6) is 0 Å². The zero-order chi connectivity index (χ0) is 9.14. The molecule has 0 heterocycles. The second-order valence-corrected chi connectivity index (χ2v) is 2.16. The van der Waals surface area contributed by atoms with Crippen molar-refractivity contribution in [3.8, 4) is 0 Å². The Labute approximate surface area is 68.1 Å². The monoisotopic (exact) mass is 164 g/mol. The number of carbonyl (C=O) groups is 2. The third kappa shape index (κ3) is 1.60. The molecule has 4 nitrogen and oxygen atoms in total. The van der Waals surface area contributed by atoms with Crippen LogP contribution in [0.2, 0.25) is 0 Å². The lowest BCUT2D eigenvalue weighted by Gasteiger charge is -2.05. The van der Waals surface area contributed by atoms with Crippen molar-refractivity contribution in [1.29, 1.82) is 0 Å². The number of aromatic carboxylic acids is 2. The number of carboxylic acid groups (broad SMARTS) is 2. The van der Waals surface area contributed by atoms with Gasteiger partial charge in [0.25, 0.3) is 0 Å². The smallest absolute Gasteiger partial charge is 0.0715 e. The second-order valence-electron chi connectivity index (χ2n) is 2.16. The number of carbonyl (C=O) groups excluding carboxylic acids is 2. The van der Waals surface area contributed by atoms with Crippen molar-refractivity contribution in [2.75, 3.05) is 0 Å². The summed E-state index contributed by atoms with van der Waals surface area (Å²) in [6.07, 6.45) is 0. The summed E-state index contributed by atoms with van der Waals surface area (Å²) in [7, 11) is 0. The number of carboxylic acids is 2. The summed E-state index contributed by atoms with van der Waals surface area (Å²) in [5.74, 6) is -2.81. The van der Waals surface area contributed by atoms with E-state index in [1.807, 2.05) is 0 Å². The standard InChI is InChI=1S/C8H6O4/c9-7(10)5-2-1-3-6(4-5)8(11)12/h1-4H,(H,9,10)(H,11,12)/p-2. The van der Waals surface area contributed by atoms with Gasteiger partial charge in [-0.3, -0.25) is 0 Å². The maximum Gasteiger partial charge on any atom is 0.0715 e. The molecule has 0 aliphatic rings. The highest BCUT2D eigenvalue weighted by atomic mass is 16.4. The van der Waals surface area contributed by atoms with E-state index >= 15 is 0 Å². The van der Waals surface area contributed by atoms with Gasteiger partial charge in [0, 0.05) is 0 Å². The zero-order valence-corrected chi connectivity index (χ0v) is 5.94. The molecule has 0 radical (unpaired) electrons. The van der Waals surface area contributed by atoms with Gasteiger partial charge in [-0.2, -0.15) is 0 Å². The third-order valence-corrected chi connectivity index (χ3v) is 1.33. The van der Waals surface area contributed by atoms with Crippen molar-refractivity contribution < 1.29 is 19.8 Å². The second kappa shape index (κ2) is 3.04. The molecule has 0 bridgehead atoms. The summed E-state index contributed by atoms with van der Waals surface area (Å²) >= 11 is 0. The molecule has 0 saturated heterocycles. The first-order chi connectivity index (χ1) is 5.61. The van der Waals surface area contributed by atoms with Crippen molar-refractivity contribution in [3.05, 3.63) is 35.4 Å². The van der Waals surface area contributed by atoms with E-state index in [4.69, 9.17) is 0 Å². The molecule has 1 aromatic carbocycles. The van der Waals surface area contributed by atoms with Crippen molar-refractivity contribution in [2.24, 2.45) is 0 Å². The molecule has 1 aromatic rings. The first kappa shape index (κ1) is 8.26. The summed E-state index contributed by atoms with van der Waals surface area (Å²) in [6, 6.07) is 4.81. The highest BCUT2D eigenvalue weighted by Crippen LogP contribution is 2.02. The topological polar surface area (TPSA) is 80.3 Å². The molecule has 4 heteroatoms. The van der Waals surface area contributed by atoms with E-state index in [1.165, 1.54) is 18.2 Å². The van der Waals surface area contributed by atoms with E-state index in [1.54, 1.807) is 0 Å². The minimum Gasteiger partial charge on any atom is -0.545 e. The Morgan fingerprint density at radius 1 is 1.00 bits per heavy atom. The lowest BCUT2D eigenvalue weighted by molar-refractivity contribution is -0.255. The van der Waals surface area contributed by atoms with Crippen molar-refractivity contribution in [3.63, 3.8) is 0 Å². The van der Waals surface area contributed by atoms with E-state index in [9.17, 15) is 19.8 Å². The molecule has 0 aliphatic heterocycles. The molecule has 1 rings (SSSR count). The van der Waals surface area contributed by atoms with E-state index < -0.39 is 11.9 Å². The maximum atomic E-state index is 10.3. The van der Waals surface area contributed by atoms with Gasteiger partial charge in [-0.1, -0.05) is 18.2 Å². The van der Waals surface area contributed by atoms with Gasteiger partial charge in [-0.15, -0.1) is 0 Å². The fourth-order valence-corrected chi connectivity index (χ4v) is 0.773. The van der Waals surface area contributed by atoms with Gasteiger partial charge in [0.1, 0.15) is 0 Å². The lowest BCUT2D eigenvalue weighted by Crippen LogP contribution is -2.25. The fourth-order valence-electron chi connectivity index (χ4n) is 0.773. The quantitative estimate of drug-likeness (QED) is 0.528. The highest BCUT2D eigenvalue weighted by molar-refractivity contribution is 5.91. The zero-order valence-electron chi connectivity index (χ0n) is 5.94. The molecular weight excluding hydrogens is 160 g/mol. The highest BCUT2D eigenvalue weighted by Gasteiger charge is 1.96. The number of hydrogen-bond acceptors (Lipinski definition) is 4. The molecule has 0 N–H and O–H groups in total. The molecule has 0 aliphatic carbocycles. The van der Waals surface area contributed by atoms with Crippen molar-refractivity contribution >= 4 is 11.9 Å². The Balaban J connectivity index is 3.12. The van der Waals surface area contributed by atoms with Gasteiger partial charge >= 0.3 is 0 Å². The normalized spacial score (nSPS) is 9.33. The number of rotatable bonds is 2. The predicted octanol–water partition coefficient (Wildman–Crippen LogP) is -1.59. The molecular formula is C8H4O4-2. The summed E-state index contributed by atoms with van der Waals surface area (Å²) in [4.78, 5) is 20.5. The lowest BCUT2D eigenvalue weighted by atomic mass is 10.1. The van der Waals surface area contributed by atoms with Crippen LogP contribution in [-0.4, -0.2) is 11.9 Å². The Morgan fingerprint density at radius 3 is 1.75 bits per heavy atom. The minimum absolute atomic E-state index is 0.170. The predicted molar refractivity (Wildman–Crippen MR) is 35.1 cm³/mol. The summed E-state index contributed by atoms with van der Waals surface area (Å²) in [6.45, 7) is 0. The Bertz CT molecular complexity index is 300. The average molecular weight is 164 g/mol. The van der Waals surface area contributed by atoms with Crippen LogP contribution in [0.15, 0.2) is 24.3 Å². The van der Waals surface area contributed by atoms with Crippen LogP contribution in [0, 0.1) is 0 Å². The number of benzene rings is 1. The van der Waals surface area contributed by atoms with Crippen LogP contribution in [0.3, 0.4) is 0 Å². The minimum atomic E-state index is -1.40. The van der Waals surface area contributed by atoms with Crippen molar-refractivity contribution in [1.82, 2.24) is 0 Å². The van der Waals surface area contributed by atoms with Gasteiger partial charge in [-0.25, -0.2) is 0 Å². The molecule has 0 amide bonds. The van der Waals surface area contributed by atoms with Gasteiger partial charge in [0.2, 0.25) is 0 Å². The van der Waals surface area contributed by atoms with Crippen molar-refractivity contribution in [2.45, 2.75) is 0 Å². The van der Waals surface area contributed by atoms with Gasteiger partial charge in [0.15, 0.2) is 0 Å². The first-order valence-corrected chi connectivity index (χ1v) is 3.14. The van der Waals surface area contributed by atoms with Gasteiger partial charge in [-0.05, 0) is 17.2 Å². The van der Waals surface area contributed by atoms with Crippen LogP contribution in [0.4, 0.5) is 0 Å². The third-order valence-electron chi connectivity index (χ3n) is 1.33. The fraction of sp³-hybridized carbons (Fsp3) is 0. The molecule has 0 unspecified atom stereocenters. The Kier molecular flexibility index (Phi) is 2.09. The van der Waals surface area contributed by atoms with E-state index in [2.05, 4.69) is 0 Å². The van der Waals surface area contributed by atoms with E-state index in [0.29, 0.717) is 0 Å². The molecule has 0 saturated carbocycles. The Morgan fingerprint density at radius 2 is 1.42 bits per heavy atom. The van der Waals surface area contributed by atoms with E-state index in [0.717, 1.165) is 6.07 Å². The average Bonchev–Trinajstić information content (AvgIpc) is 2.04. The van der Waals surface area contributed by atoms with Crippen LogP contribution < -0.4 is 10.2 Å². The molecule has 0 spiro atoms. The summed E-state index contributed by atoms with van der Waals surface area (Å²) in [5, 5.41) is 20.5. The first-order valence-electron chi connectivity index (χ1n) is 3.14. The largest absolute Gasteiger partial charge is 0.545 e. The molecule has 0 fully saturated rings. The van der Waals surface area contributed by atoms with Crippen LogP contribution in [0.25, 0.3) is 0 Å². The SMILES string of the molecule is O=C([O-])c1cccc(C(=O)[O-])c1. The van der Waals surface area contributed by atoms with Gasteiger partial charge in [0.05, 0.1) is 11.9 Å². The summed E-state index contributed by atoms with van der Waals surface area (Å²) < 4.78 is 0. The molecule has 12 heavy (non-hydrogen) atoms. The summed E-state index contributed by atoms with van der Waals surface area (Å²) in [5.41, 5.74) is -0.339. The van der Waals surface area contributed by atoms with E-state index in [-0.39, 0.29) is 11.1 Å². The Hall–Kier alpha value is -1.84. The van der Waals surface area contributed by atoms with Crippen LogP contribution in [0.1, 0.15) is 20.7 Å². The molecule has 62 valence electrons. The van der Waals surface area contributed by atoms with Crippen LogP contribution in [-0.2, 0) is 0 Å².